The van der Waals surface area contributed by atoms with Crippen LogP contribution in [0, 0.1) is 11.3 Å². The molecule has 0 unspecified atom stereocenters. The first-order valence-electron chi connectivity index (χ1n) is 6.19. The number of amides is 1. The van der Waals surface area contributed by atoms with Crippen LogP contribution in [-0.2, 0) is 4.79 Å². The summed E-state index contributed by atoms with van der Waals surface area (Å²) in [6.07, 6.45) is 2.72. The van der Waals surface area contributed by atoms with Gasteiger partial charge in [0.2, 0.25) is 5.91 Å². The number of nitrogens with one attached hydrogen (secondary N) is 1. The second kappa shape index (κ2) is 5.54. The van der Waals surface area contributed by atoms with Crippen molar-refractivity contribution in [2.45, 2.75) is 25.3 Å². The third kappa shape index (κ3) is 3.49. The minimum absolute atomic E-state index is 0.112. The molecule has 0 saturated heterocycles. The summed E-state index contributed by atoms with van der Waals surface area (Å²) in [5, 5.41) is 11.8. The SMILES string of the molecule is CN(CCC(=O)NC1CC1)c1cccc(C#N)c1. The van der Waals surface area contributed by atoms with Gasteiger partial charge < -0.3 is 10.2 Å². The first kappa shape index (κ1) is 12.4. The van der Waals surface area contributed by atoms with E-state index in [2.05, 4.69) is 11.4 Å². The van der Waals surface area contributed by atoms with E-state index in [9.17, 15) is 4.79 Å². The predicted molar refractivity (Wildman–Crippen MR) is 70.2 cm³/mol. The molecule has 0 atom stereocenters. The molecule has 0 heterocycles. The van der Waals surface area contributed by atoms with Crippen molar-refractivity contribution in [1.29, 1.82) is 5.26 Å². The van der Waals surface area contributed by atoms with Crippen LogP contribution in [0.1, 0.15) is 24.8 Å². The number of carbonyl (C=O) groups is 1. The second-order valence-corrected chi connectivity index (χ2v) is 4.68. The van der Waals surface area contributed by atoms with E-state index in [0.29, 0.717) is 24.6 Å². The summed E-state index contributed by atoms with van der Waals surface area (Å²) in [6.45, 7) is 0.660. The molecule has 4 nitrogen and oxygen atoms in total. The summed E-state index contributed by atoms with van der Waals surface area (Å²) >= 11 is 0. The molecule has 1 aromatic rings. The fourth-order valence-corrected chi connectivity index (χ4v) is 1.74. The molecule has 1 amide bonds. The van der Waals surface area contributed by atoms with E-state index in [4.69, 9.17) is 5.26 Å². The van der Waals surface area contributed by atoms with Gasteiger partial charge >= 0.3 is 0 Å². The van der Waals surface area contributed by atoms with E-state index in [-0.39, 0.29) is 5.91 Å². The standard InChI is InChI=1S/C14H17N3O/c1-17(8-7-14(18)16-12-5-6-12)13-4-2-3-11(9-13)10-15/h2-4,9,12H,5-8H2,1H3,(H,16,18). The van der Waals surface area contributed by atoms with Crippen LogP contribution in [0.15, 0.2) is 24.3 Å². The molecule has 0 spiro atoms. The number of hydrogen-bond donors (Lipinski definition) is 1. The largest absolute Gasteiger partial charge is 0.374 e. The first-order valence-corrected chi connectivity index (χ1v) is 6.19. The summed E-state index contributed by atoms with van der Waals surface area (Å²) in [7, 11) is 1.93. The summed E-state index contributed by atoms with van der Waals surface area (Å²) in [5.41, 5.74) is 1.61. The van der Waals surface area contributed by atoms with Crippen LogP contribution in [0.5, 0.6) is 0 Å². The molecular weight excluding hydrogens is 226 g/mol. The highest BCUT2D eigenvalue weighted by atomic mass is 16.1. The van der Waals surface area contributed by atoms with Crippen LogP contribution in [0.3, 0.4) is 0 Å². The van der Waals surface area contributed by atoms with E-state index in [1.807, 2.05) is 30.1 Å². The van der Waals surface area contributed by atoms with Crippen LogP contribution >= 0.6 is 0 Å². The van der Waals surface area contributed by atoms with Gasteiger partial charge in [-0.3, -0.25) is 4.79 Å². The lowest BCUT2D eigenvalue weighted by Gasteiger charge is -2.19. The maximum Gasteiger partial charge on any atom is 0.221 e. The van der Waals surface area contributed by atoms with Gasteiger partial charge in [-0.1, -0.05) is 6.07 Å². The molecule has 0 bridgehead atoms. The molecule has 4 heteroatoms. The Kier molecular flexibility index (Phi) is 3.83. The Morgan fingerprint density at radius 2 is 2.33 bits per heavy atom. The Balaban J connectivity index is 1.84. The van der Waals surface area contributed by atoms with Crippen molar-refractivity contribution >= 4 is 11.6 Å². The van der Waals surface area contributed by atoms with E-state index in [1.54, 1.807) is 6.07 Å². The van der Waals surface area contributed by atoms with Crippen molar-refractivity contribution in [1.82, 2.24) is 5.32 Å². The van der Waals surface area contributed by atoms with E-state index in [1.165, 1.54) is 0 Å². The molecule has 0 aliphatic heterocycles. The normalized spacial score (nSPS) is 13.8. The fraction of sp³-hybridized carbons (Fsp3) is 0.429. The lowest BCUT2D eigenvalue weighted by atomic mass is 10.2. The third-order valence-corrected chi connectivity index (χ3v) is 3.03. The molecule has 94 valence electrons. The number of nitriles is 1. The molecule has 0 aromatic heterocycles. The average molecular weight is 243 g/mol. The molecule has 1 fully saturated rings. The molecule has 1 saturated carbocycles. The van der Waals surface area contributed by atoms with Gasteiger partial charge in [0.05, 0.1) is 11.6 Å². The zero-order valence-electron chi connectivity index (χ0n) is 10.5. The van der Waals surface area contributed by atoms with Crippen molar-refractivity contribution in [3.63, 3.8) is 0 Å². The van der Waals surface area contributed by atoms with Gasteiger partial charge in [-0.05, 0) is 31.0 Å². The summed E-state index contributed by atoms with van der Waals surface area (Å²) in [6, 6.07) is 9.94. The number of hydrogen-bond acceptors (Lipinski definition) is 3. The first-order chi connectivity index (χ1) is 8.69. The smallest absolute Gasteiger partial charge is 0.221 e. The summed E-state index contributed by atoms with van der Waals surface area (Å²) in [4.78, 5) is 13.6. The predicted octanol–water partition coefficient (Wildman–Crippen LogP) is 1.66. The van der Waals surface area contributed by atoms with Crippen LogP contribution in [-0.4, -0.2) is 25.5 Å². The summed E-state index contributed by atoms with van der Waals surface area (Å²) < 4.78 is 0. The van der Waals surface area contributed by atoms with Crippen LogP contribution in [0.25, 0.3) is 0 Å². The number of carbonyl (C=O) groups excluding carboxylic acids is 1. The van der Waals surface area contributed by atoms with Crippen molar-refractivity contribution in [2.75, 3.05) is 18.5 Å². The lowest BCUT2D eigenvalue weighted by Crippen LogP contribution is -2.30. The molecule has 0 radical (unpaired) electrons. The van der Waals surface area contributed by atoms with Crippen molar-refractivity contribution in [3.8, 4) is 6.07 Å². The van der Waals surface area contributed by atoms with E-state index >= 15 is 0 Å². The van der Waals surface area contributed by atoms with E-state index < -0.39 is 0 Å². The molecule has 1 aromatic carbocycles. The van der Waals surface area contributed by atoms with Crippen LogP contribution in [0.4, 0.5) is 5.69 Å². The number of anilines is 1. The minimum atomic E-state index is 0.112. The van der Waals surface area contributed by atoms with Gasteiger partial charge in [-0.2, -0.15) is 5.26 Å². The zero-order chi connectivity index (χ0) is 13.0. The minimum Gasteiger partial charge on any atom is -0.374 e. The highest BCUT2D eigenvalue weighted by Gasteiger charge is 2.22. The molecule has 1 N–H and O–H groups in total. The number of rotatable bonds is 5. The van der Waals surface area contributed by atoms with Gasteiger partial charge in [0.25, 0.3) is 0 Å². The summed E-state index contributed by atoms with van der Waals surface area (Å²) in [5.74, 6) is 0.112. The Morgan fingerprint density at radius 3 is 3.00 bits per heavy atom. The van der Waals surface area contributed by atoms with Crippen molar-refractivity contribution in [2.24, 2.45) is 0 Å². The van der Waals surface area contributed by atoms with Gasteiger partial charge in [-0.15, -0.1) is 0 Å². The van der Waals surface area contributed by atoms with Gasteiger partial charge in [-0.25, -0.2) is 0 Å². The fourth-order valence-electron chi connectivity index (χ4n) is 1.74. The van der Waals surface area contributed by atoms with Crippen molar-refractivity contribution in [3.05, 3.63) is 29.8 Å². The monoisotopic (exact) mass is 243 g/mol. The van der Waals surface area contributed by atoms with Crippen LogP contribution < -0.4 is 10.2 Å². The van der Waals surface area contributed by atoms with Gasteiger partial charge in [0.1, 0.15) is 0 Å². The highest BCUT2D eigenvalue weighted by Crippen LogP contribution is 2.19. The van der Waals surface area contributed by atoms with Gasteiger partial charge in [0.15, 0.2) is 0 Å². The maximum absolute atomic E-state index is 11.6. The highest BCUT2D eigenvalue weighted by molar-refractivity contribution is 5.77. The quantitative estimate of drug-likeness (QED) is 0.855. The molecule has 1 aliphatic carbocycles. The Morgan fingerprint density at radius 1 is 1.56 bits per heavy atom. The second-order valence-electron chi connectivity index (χ2n) is 4.68. The molecule has 18 heavy (non-hydrogen) atoms. The zero-order valence-corrected chi connectivity index (χ0v) is 10.5. The number of benzene rings is 1. The van der Waals surface area contributed by atoms with Crippen molar-refractivity contribution < 1.29 is 4.79 Å². The Labute approximate surface area is 107 Å². The van der Waals surface area contributed by atoms with Gasteiger partial charge in [0, 0.05) is 31.7 Å². The molecular formula is C14H17N3O. The van der Waals surface area contributed by atoms with E-state index in [0.717, 1.165) is 18.5 Å². The maximum atomic E-state index is 11.6. The average Bonchev–Trinajstić information content (AvgIpc) is 3.20. The third-order valence-electron chi connectivity index (χ3n) is 3.03. The topological polar surface area (TPSA) is 56.1 Å². The molecule has 1 aliphatic rings. The number of nitrogens with zero attached hydrogens (tertiary/aromatic N) is 2. The molecule has 2 rings (SSSR count). The van der Waals surface area contributed by atoms with Crippen LogP contribution in [0.2, 0.25) is 0 Å². The Bertz CT molecular complexity index is 474. The lowest BCUT2D eigenvalue weighted by molar-refractivity contribution is -0.121. The Hall–Kier alpha value is -2.02.